The number of carbonyl (C=O) groups is 2. The van der Waals surface area contributed by atoms with E-state index in [0.29, 0.717) is 27.9 Å². The molecule has 156 valence electrons. The summed E-state index contributed by atoms with van der Waals surface area (Å²) in [5, 5.41) is 0.504. The van der Waals surface area contributed by atoms with E-state index < -0.39 is 0 Å². The molecule has 2 amide bonds. The van der Waals surface area contributed by atoms with Gasteiger partial charge in [-0.05, 0) is 73.9 Å². The summed E-state index contributed by atoms with van der Waals surface area (Å²) < 4.78 is 0. The van der Waals surface area contributed by atoms with Crippen LogP contribution in [-0.2, 0) is 9.59 Å². The molecule has 0 atom stereocenters. The lowest BCUT2D eigenvalue weighted by molar-refractivity contribution is -0.120. The Hall–Kier alpha value is -2.59. The van der Waals surface area contributed by atoms with Gasteiger partial charge in [0.2, 0.25) is 0 Å². The van der Waals surface area contributed by atoms with Gasteiger partial charge in [0, 0.05) is 18.1 Å². The lowest BCUT2D eigenvalue weighted by atomic mass is 9.96. The van der Waals surface area contributed by atoms with Gasteiger partial charge in [0.25, 0.3) is 11.8 Å². The molecule has 2 aliphatic heterocycles. The van der Waals surface area contributed by atoms with Gasteiger partial charge in [-0.15, -0.1) is 0 Å². The Bertz CT molecular complexity index is 1060. The number of aryl methyl sites for hydroxylation is 3. The van der Waals surface area contributed by atoms with Crippen LogP contribution in [0.2, 0.25) is 5.02 Å². The number of rotatable bonds is 3. The summed E-state index contributed by atoms with van der Waals surface area (Å²) in [6, 6.07) is 11.3. The van der Waals surface area contributed by atoms with Crippen LogP contribution < -0.4 is 4.90 Å². The quantitative estimate of drug-likeness (QED) is 0.631. The van der Waals surface area contributed by atoms with Crippen molar-refractivity contribution in [2.24, 2.45) is 5.92 Å². The zero-order chi connectivity index (χ0) is 21.6. The van der Waals surface area contributed by atoms with Gasteiger partial charge in [0.1, 0.15) is 5.70 Å². The number of nitrogens with zero attached hydrogens (tertiary/aromatic N) is 2. The minimum absolute atomic E-state index is 0.256. The number of piperidine rings is 1. The summed E-state index contributed by atoms with van der Waals surface area (Å²) >= 11 is 6.21. The molecular formula is C25H27ClN2O2. The smallest absolute Gasteiger partial charge is 0.282 e. The Morgan fingerprint density at radius 3 is 2.20 bits per heavy atom. The maximum Gasteiger partial charge on any atom is 0.282 e. The number of carbonyl (C=O) groups excluding carboxylic acids is 2. The van der Waals surface area contributed by atoms with Crippen molar-refractivity contribution in [3.05, 3.63) is 69.4 Å². The van der Waals surface area contributed by atoms with Crippen LogP contribution in [0, 0.1) is 26.7 Å². The summed E-state index contributed by atoms with van der Waals surface area (Å²) in [6.07, 6.45) is 2.03. The van der Waals surface area contributed by atoms with E-state index in [-0.39, 0.29) is 11.8 Å². The molecule has 2 aromatic rings. The molecule has 30 heavy (non-hydrogen) atoms. The number of halogens is 1. The molecule has 0 N–H and O–H groups in total. The Labute approximate surface area is 183 Å². The van der Waals surface area contributed by atoms with Gasteiger partial charge in [-0.1, -0.05) is 42.8 Å². The highest BCUT2D eigenvalue weighted by molar-refractivity contribution is 6.45. The van der Waals surface area contributed by atoms with Gasteiger partial charge in [-0.25, -0.2) is 4.90 Å². The van der Waals surface area contributed by atoms with Crippen LogP contribution in [0.5, 0.6) is 0 Å². The van der Waals surface area contributed by atoms with Crippen molar-refractivity contribution >= 4 is 34.7 Å². The first-order valence-corrected chi connectivity index (χ1v) is 10.9. The number of likely N-dealkylation sites (tertiary alicyclic amines) is 1. The Balaban J connectivity index is 1.86. The summed E-state index contributed by atoms with van der Waals surface area (Å²) in [7, 11) is 0. The molecule has 0 radical (unpaired) electrons. The zero-order valence-electron chi connectivity index (χ0n) is 18.0. The Morgan fingerprint density at radius 1 is 0.867 bits per heavy atom. The van der Waals surface area contributed by atoms with E-state index in [1.807, 2.05) is 45.0 Å². The van der Waals surface area contributed by atoms with E-state index in [4.69, 9.17) is 11.6 Å². The van der Waals surface area contributed by atoms with Crippen molar-refractivity contribution in [2.45, 2.75) is 40.5 Å². The first kappa shape index (κ1) is 20.7. The molecule has 4 nitrogen and oxygen atoms in total. The molecular weight excluding hydrogens is 396 g/mol. The zero-order valence-corrected chi connectivity index (χ0v) is 18.7. The summed E-state index contributed by atoms with van der Waals surface area (Å²) in [6.45, 7) is 9.77. The van der Waals surface area contributed by atoms with E-state index in [9.17, 15) is 9.59 Å². The summed E-state index contributed by atoms with van der Waals surface area (Å²) in [4.78, 5) is 30.7. The number of benzene rings is 2. The molecule has 0 saturated carbocycles. The van der Waals surface area contributed by atoms with Crippen LogP contribution in [0.15, 0.2) is 42.1 Å². The largest absolute Gasteiger partial charge is 0.366 e. The second kappa shape index (κ2) is 7.92. The molecule has 4 rings (SSSR count). The van der Waals surface area contributed by atoms with Crippen LogP contribution >= 0.6 is 11.6 Å². The Morgan fingerprint density at radius 2 is 1.53 bits per heavy atom. The molecule has 2 heterocycles. The first-order chi connectivity index (χ1) is 14.3. The lowest BCUT2D eigenvalue weighted by Crippen LogP contribution is -2.38. The fourth-order valence-corrected chi connectivity index (χ4v) is 4.41. The van der Waals surface area contributed by atoms with Crippen molar-refractivity contribution in [1.29, 1.82) is 0 Å². The molecule has 0 spiro atoms. The molecule has 1 saturated heterocycles. The third-order valence-electron chi connectivity index (χ3n) is 6.37. The highest BCUT2D eigenvalue weighted by Crippen LogP contribution is 2.38. The van der Waals surface area contributed by atoms with Gasteiger partial charge in [0.05, 0.1) is 11.3 Å². The standard InChI is InChI=1S/C25H27ClN2O2/c1-15-9-11-27(12-10-15)23-22(19-7-5-16(2)18(4)13-19)24(29)28(25(23)30)21-14-20(26)8-6-17(21)3/h5-8,13-15H,9-12H2,1-4H3. The van der Waals surface area contributed by atoms with Crippen LogP contribution in [0.4, 0.5) is 5.69 Å². The van der Waals surface area contributed by atoms with Gasteiger partial charge in [0.15, 0.2) is 0 Å². The van der Waals surface area contributed by atoms with Crippen LogP contribution in [0.25, 0.3) is 5.57 Å². The molecule has 2 aliphatic rings. The lowest BCUT2D eigenvalue weighted by Gasteiger charge is -2.32. The second-order valence-electron chi connectivity index (χ2n) is 8.57. The highest BCUT2D eigenvalue weighted by Gasteiger charge is 2.43. The molecule has 0 bridgehead atoms. The fraction of sp³-hybridized carbons (Fsp3) is 0.360. The summed E-state index contributed by atoms with van der Waals surface area (Å²) in [5.41, 5.74) is 5.48. The monoisotopic (exact) mass is 422 g/mol. The number of anilines is 1. The predicted octanol–water partition coefficient (Wildman–Crippen LogP) is 5.28. The molecule has 1 fully saturated rings. The van der Waals surface area contributed by atoms with E-state index in [1.165, 1.54) is 4.90 Å². The van der Waals surface area contributed by atoms with Crippen molar-refractivity contribution in [3.8, 4) is 0 Å². The van der Waals surface area contributed by atoms with E-state index >= 15 is 0 Å². The van der Waals surface area contributed by atoms with Crippen molar-refractivity contribution in [1.82, 2.24) is 4.90 Å². The van der Waals surface area contributed by atoms with E-state index in [2.05, 4.69) is 11.8 Å². The fourth-order valence-electron chi connectivity index (χ4n) is 4.24. The van der Waals surface area contributed by atoms with Crippen LogP contribution in [0.3, 0.4) is 0 Å². The van der Waals surface area contributed by atoms with Gasteiger partial charge >= 0.3 is 0 Å². The SMILES string of the molecule is Cc1ccc(C2=C(N3CCC(C)CC3)C(=O)N(c3cc(Cl)ccc3C)C2=O)cc1C. The predicted molar refractivity (Wildman–Crippen MR) is 121 cm³/mol. The maximum absolute atomic E-state index is 13.7. The summed E-state index contributed by atoms with van der Waals surface area (Å²) in [5.74, 6) is 0.0980. The number of hydrogen-bond acceptors (Lipinski definition) is 3. The first-order valence-electron chi connectivity index (χ1n) is 10.5. The van der Waals surface area contributed by atoms with Crippen LogP contribution in [-0.4, -0.2) is 29.8 Å². The average molecular weight is 423 g/mol. The average Bonchev–Trinajstić information content (AvgIpc) is 2.97. The van der Waals surface area contributed by atoms with Gasteiger partial charge in [-0.2, -0.15) is 0 Å². The minimum Gasteiger partial charge on any atom is -0.366 e. The number of hydrogen-bond donors (Lipinski definition) is 0. The molecule has 5 heteroatoms. The van der Waals surface area contributed by atoms with Crippen molar-refractivity contribution in [2.75, 3.05) is 18.0 Å². The second-order valence-corrected chi connectivity index (χ2v) is 9.01. The third-order valence-corrected chi connectivity index (χ3v) is 6.60. The van der Waals surface area contributed by atoms with E-state index in [0.717, 1.165) is 48.2 Å². The number of amides is 2. The van der Waals surface area contributed by atoms with Gasteiger partial charge < -0.3 is 4.90 Å². The highest BCUT2D eigenvalue weighted by atomic mass is 35.5. The normalized spacial score (nSPS) is 18.0. The van der Waals surface area contributed by atoms with Crippen molar-refractivity contribution in [3.63, 3.8) is 0 Å². The number of imide groups is 1. The molecule has 0 aliphatic carbocycles. The molecule has 0 aromatic heterocycles. The van der Waals surface area contributed by atoms with Gasteiger partial charge in [-0.3, -0.25) is 9.59 Å². The maximum atomic E-state index is 13.7. The van der Waals surface area contributed by atoms with Crippen LogP contribution in [0.1, 0.15) is 42.0 Å². The topological polar surface area (TPSA) is 40.6 Å². The Kier molecular flexibility index (Phi) is 5.46. The molecule has 0 unspecified atom stereocenters. The van der Waals surface area contributed by atoms with E-state index in [1.54, 1.807) is 12.1 Å². The van der Waals surface area contributed by atoms with Crippen molar-refractivity contribution < 1.29 is 9.59 Å². The molecule has 2 aromatic carbocycles. The minimum atomic E-state index is -0.276. The third kappa shape index (κ3) is 3.54.